The quantitative estimate of drug-likeness (QED) is 0.795. The molecule has 2 fully saturated rings. The summed E-state index contributed by atoms with van der Waals surface area (Å²) in [5, 5.41) is 9.83. The number of likely N-dealkylation sites (tertiary alicyclic amines) is 1. The second-order valence-corrected chi connectivity index (χ2v) is 5.43. The molecule has 2 heterocycles. The summed E-state index contributed by atoms with van der Waals surface area (Å²) in [5.41, 5.74) is 0. The number of aliphatic hydroxyl groups is 1. The van der Waals surface area contributed by atoms with E-state index in [2.05, 4.69) is 18.7 Å². The highest BCUT2D eigenvalue weighted by molar-refractivity contribution is 4.82. The van der Waals surface area contributed by atoms with Gasteiger partial charge in [-0.3, -0.25) is 0 Å². The Bertz CT molecular complexity index is 222. The van der Waals surface area contributed by atoms with Crippen LogP contribution in [-0.2, 0) is 4.74 Å². The van der Waals surface area contributed by atoms with Crippen molar-refractivity contribution in [2.75, 3.05) is 19.6 Å². The molecule has 0 aromatic rings. The van der Waals surface area contributed by atoms with E-state index in [1.165, 1.54) is 12.8 Å². The van der Waals surface area contributed by atoms with Gasteiger partial charge in [-0.05, 0) is 38.5 Å². The van der Waals surface area contributed by atoms with Gasteiger partial charge in [0.25, 0.3) is 0 Å². The number of hydrogen-bond donors (Lipinski definition) is 1. The van der Waals surface area contributed by atoms with Gasteiger partial charge >= 0.3 is 0 Å². The van der Waals surface area contributed by atoms with Gasteiger partial charge in [-0.1, -0.05) is 6.92 Å². The molecule has 2 saturated heterocycles. The van der Waals surface area contributed by atoms with Gasteiger partial charge in [0.15, 0.2) is 0 Å². The summed E-state index contributed by atoms with van der Waals surface area (Å²) in [6, 6.07) is 0. The van der Waals surface area contributed by atoms with E-state index in [0.717, 1.165) is 32.5 Å². The highest BCUT2D eigenvalue weighted by Crippen LogP contribution is 2.24. The Balaban J connectivity index is 1.78. The zero-order valence-electron chi connectivity index (χ0n) is 10.6. The molecule has 3 nitrogen and oxygen atoms in total. The number of hydrogen-bond acceptors (Lipinski definition) is 3. The van der Waals surface area contributed by atoms with Crippen molar-refractivity contribution in [2.24, 2.45) is 5.92 Å². The van der Waals surface area contributed by atoms with Crippen molar-refractivity contribution in [3.05, 3.63) is 0 Å². The molecule has 2 aliphatic heterocycles. The molecule has 0 aromatic heterocycles. The van der Waals surface area contributed by atoms with Crippen LogP contribution in [0.3, 0.4) is 0 Å². The fourth-order valence-electron chi connectivity index (χ4n) is 2.97. The smallest absolute Gasteiger partial charge is 0.0706 e. The number of rotatable bonds is 3. The third-order valence-electron chi connectivity index (χ3n) is 4.08. The minimum atomic E-state index is -0.0790. The summed E-state index contributed by atoms with van der Waals surface area (Å²) in [7, 11) is 0. The van der Waals surface area contributed by atoms with Crippen molar-refractivity contribution >= 4 is 0 Å². The van der Waals surface area contributed by atoms with Gasteiger partial charge in [0, 0.05) is 19.6 Å². The second-order valence-electron chi connectivity index (χ2n) is 5.43. The molecule has 4 atom stereocenters. The van der Waals surface area contributed by atoms with Crippen LogP contribution in [0.25, 0.3) is 0 Å². The average molecular weight is 227 g/mol. The Hall–Kier alpha value is -0.120. The first-order valence-electron chi connectivity index (χ1n) is 6.75. The van der Waals surface area contributed by atoms with E-state index < -0.39 is 0 Å². The molecule has 2 aliphatic rings. The number of nitrogens with zero attached hydrogens (tertiary/aromatic N) is 1. The van der Waals surface area contributed by atoms with Crippen molar-refractivity contribution in [1.29, 1.82) is 0 Å². The van der Waals surface area contributed by atoms with Crippen LogP contribution >= 0.6 is 0 Å². The predicted molar refractivity (Wildman–Crippen MR) is 64.4 cm³/mol. The van der Waals surface area contributed by atoms with Crippen molar-refractivity contribution in [3.63, 3.8) is 0 Å². The monoisotopic (exact) mass is 227 g/mol. The third kappa shape index (κ3) is 2.96. The Morgan fingerprint density at radius 3 is 2.75 bits per heavy atom. The maximum absolute atomic E-state index is 9.83. The zero-order chi connectivity index (χ0) is 11.5. The zero-order valence-corrected chi connectivity index (χ0v) is 10.6. The minimum absolute atomic E-state index is 0.0790. The summed E-state index contributed by atoms with van der Waals surface area (Å²) in [5.74, 6) is 0.465. The Kier molecular flexibility index (Phi) is 4.22. The topological polar surface area (TPSA) is 32.7 Å². The lowest BCUT2D eigenvalue weighted by molar-refractivity contribution is -0.0108. The van der Waals surface area contributed by atoms with E-state index in [0.29, 0.717) is 18.1 Å². The van der Waals surface area contributed by atoms with Gasteiger partial charge < -0.3 is 14.7 Å². The van der Waals surface area contributed by atoms with E-state index in [1.54, 1.807) is 0 Å². The van der Waals surface area contributed by atoms with Crippen LogP contribution in [0, 0.1) is 5.92 Å². The van der Waals surface area contributed by atoms with E-state index in [9.17, 15) is 5.11 Å². The average Bonchev–Trinajstić information content (AvgIpc) is 2.67. The summed E-state index contributed by atoms with van der Waals surface area (Å²) >= 11 is 0. The SMILES string of the molecule is CCC1CN(CC2CCC(C)O2)CCC1O. The molecule has 0 saturated carbocycles. The van der Waals surface area contributed by atoms with Crippen molar-refractivity contribution in [2.45, 2.75) is 57.8 Å². The fourth-order valence-corrected chi connectivity index (χ4v) is 2.97. The van der Waals surface area contributed by atoms with Crippen LogP contribution < -0.4 is 0 Å². The molecule has 94 valence electrons. The normalized spacial score (nSPS) is 41.4. The van der Waals surface area contributed by atoms with Crippen LogP contribution in [0.5, 0.6) is 0 Å². The lowest BCUT2D eigenvalue weighted by atomic mass is 9.92. The van der Waals surface area contributed by atoms with Crippen LogP contribution in [0.2, 0.25) is 0 Å². The van der Waals surface area contributed by atoms with Crippen molar-refractivity contribution in [3.8, 4) is 0 Å². The minimum Gasteiger partial charge on any atom is -0.393 e. The van der Waals surface area contributed by atoms with Gasteiger partial charge in [-0.2, -0.15) is 0 Å². The van der Waals surface area contributed by atoms with E-state index in [4.69, 9.17) is 4.74 Å². The van der Waals surface area contributed by atoms with Gasteiger partial charge in [0.1, 0.15) is 0 Å². The number of aliphatic hydroxyl groups excluding tert-OH is 1. The van der Waals surface area contributed by atoms with Crippen molar-refractivity contribution in [1.82, 2.24) is 4.90 Å². The summed E-state index contributed by atoms with van der Waals surface area (Å²) in [4.78, 5) is 2.48. The predicted octanol–water partition coefficient (Wildman–Crippen LogP) is 1.65. The highest BCUT2D eigenvalue weighted by Gasteiger charge is 2.29. The van der Waals surface area contributed by atoms with Crippen LogP contribution in [-0.4, -0.2) is 48.0 Å². The van der Waals surface area contributed by atoms with Crippen molar-refractivity contribution < 1.29 is 9.84 Å². The number of ether oxygens (including phenoxy) is 1. The van der Waals surface area contributed by atoms with Crippen LogP contribution in [0.4, 0.5) is 0 Å². The van der Waals surface area contributed by atoms with Gasteiger partial charge in [-0.15, -0.1) is 0 Å². The van der Waals surface area contributed by atoms with E-state index in [1.807, 2.05) is 0 Å². The summed E-state index contributed by atoms with van der Waals surface area (Å²) in [6.07, 6.45) is 5.23. The molecule has 2 rings (SSSR count). The molecule has 16 heavy (non-hydrogen) atoms. The first-order chi connectivity index (χ1) is 7.69. The second kappa shape index (κ2) is 5.48. The molecular formula is C13H25NO2. The lowest BCUT2D eigenvalue weighted by Crippen LogP contribution is -2.45. The fraction of sp³-hybridized carbons (Fsp3) is 1.00. The first kappa shape index (κ1) is 12.3. The molecule has 4 unspecified atom stereocenters. The van der Waals surface area contributed by atoms with E-state index >= 15 is 0 Å². The highest BCUT2D eigenvalue weighted by atomic mass is 16.5. The van der Waals surface area contributed by atoms with Crippen LogP contribution in [0.15, 0.2) is 0 Å². The van der Waals surface area contributed by atoms with Gasteiger partial charge in [0.05, 0.1) is 18.3 Å². The molecule has 0 aromatic carbocycles. The number of piperidine rings is 1. The summed E-state index contributed by atoms with van der Waals surface area (Å²) in [6.45, 7) is 7.48. The maximum atomic E-state index is 9.83. The van der Waals surface area contributed by atoms with Gasteiger partial charge in [0.2, 0.25) is 0 Å². The molecule has 1 N–H and O–H groups in total. The molecular weight excluding hydrogens is 202 g/mol. The Labute approximate surface area is 98.8 Å². The van der Waals surface area contributed by atoms with Crippen LogP contribution in [0.1, 0.15) is 39.5 Å². The standard InChI is InChI=1S/C13H25NO2/c1-3-11-8-14(7-6-13(11)15)9-12-5-4-10(2)16-12/h10-13,15H,3-9H2,1-2H3. The lowest BCUT2D eigenvalue weighted by Gasteiger charge is -2.36. The molecule has 0 radical (unpaired) electrons. The molecule has 3 heteroatoms. The first-order valence-corrected chi connectivity index (χ1v) is 6.75. The van der Waals surface area contributed by atoms with Gasteiger partial charge in [-0.25, -0.2) is 0 Å². The Morgan fingerprint density at radius 2 is 2.12 bits per heavy atom. The van der Waals surface area contributed by atoms with E-state index in [-0.39, 0.29) is 6.10 Å². The Morgan fingerprint density at radius 1 is 1.31 bits per heavy atom. The summed E-state index contributed by atoms with van der Waals surface area (Å²) < 4.78 is 5.86. The molecule has 0 bridgehead atoms. The third-order valence-corrected chi connectivity index (χ3v) is 4.08. The largest absolute Gasteiger partial charge is 0.393 e. The molecule has 0 amide bonds. The maximum Gasteiger partial charge on any atom is 0.0706 e. The molecule has 0 aliphatic carbocycles. The molecule has 0 spiro atoms.